The molecule has 1 heterocycles. The summed E-state index contributed by atoms with van der Waals surface area (Å²) in [5.74, 6) is 0.738. The normalized spacial score (nSPS) is 18.7. The van der Waals surface area contributed by atoms with Crippen molar-refractivity contribution in [2.24, 2.45) is 10.7 Å². The van der Waals surface area contributed by atoms with Crippen molar-refractivity contribution in [3.63, 3.8) is 0 Å². The molecule has 0 spiro atoms. The van der Waals surface area contributed by atoms with Crippen LogP contribution in [0.15, 0.2) is 65.7 Å². The average Bonchev–Trinajstić information content (AvgIpc) is 3.03. The fourth-order valence-corrected chi connectivity index (χ4v) is 4.61. The van der Waals surface area contributed by atoms with Crippen molar-refractivity contribution in [2.45, 2.75) is 50.3 Å². The number of hydrogen-bond donors (Lipinski definition) is 1. The molecule has 0 amide bonds. The molecule has 2 N–H and O–H groups in total. The molecule has 0 aromatic heterocycles. The van der Waals surface area contributed by atoms with E-state index in [1.807, 2.05) is 12.1 Å². The molecular formula is C21H28N2OSi. The lowest BCUT2D eigenvalue weighted by molar-refractivity contribution is 0.0816. The number of amidine groups is 1. The molecule has 0 saturated carbocycles. The van der Waals surface area contributed by atoms with Crippen molar-refractivity contribution in [1.29, 1.82) is 0 Å². The summed E-state index contributed by atoms with van der Waals surface area (Å²) in [4.78, 5) is 4.81. The maximum atomic E-state index is 6.87. The highest BCUT2D eigenvalue weighted by atomic mass is 28.2. The summed E-state index contributed by atoms with van der Waals surface area (Å²) in [5.41, 5.74) is 7.85. The van der Waals surface area contributed by atoms with E-state index in [2.05, 4.69) is 69.3 Å². The Morgan fingerprint density at radius 1 is 0.960 bits per heavy atom. The van der Waals surface area contributed by atoms with Crippen LogP contribution in [0.3, 0.4) is 0 Å². The zero-order chi connectivity index (χ0) is 17.9. The van der Waals surface area contributed by atoms with Crippen LogP contribution >= 0.6 is 0 Å². The van der Waals surface area contributed by atoms with Crippen LogP contribution in [0.5, 0.6) is 0 Å². The summed E-state index contributed by atoms with van der Waals surface area (Å²) < 4.78 is 6.87. The first kappa shape index (κ1) is 17.9. The Balaban J connectivity index is 2.16. The number of hydrogen-bond acceptors (Lipinski definition) is 3. The first-order valence-corrected chi connectivity index (χ1v) is 10.3. The van der Waals surface area contributed by atoms with Crippen LogP contribution in [-0.4, -0.2) is 21.6 Å². The topological polar surface area (TPSA) is 47.6 Å². The van der Waals surface area contributed by atoms with Gasteiger partial charge in [-0.2, -0.15) is 0 Å². The Hall–Kier alpha value is -1.91. The van der Waals surface area contributed by atoms with Crippen LogP contribution in [0, 0.1) is 0 Å². The molecule has 1 atom stereocenters. The second-order valence-electron chi connectivity index (χ2n) is 7.99. The van der Waals surface area contributed by atoms with E-state index in [4.69, 9.17) is 15.2 Å². The minimum Gasteiger partial charge on any atom is -0.408 e. The lowest BCUT2D eigenvalue weighted by Gasteiger charge is -2.41. The third-order valence-corrected chi connectivity index (χ3v) is 6.07. The van der Waals surface area contributed by atoms with Crippen molar-refractivity contribution >= 4 is 15.6 Å². The lowest BCUT2D eigenvalue weighted by Crippen LogP contribution is -2.43. The van der Waals surface area contributed by atoms with Crippen molar-refractivity contribution in [2.75, 3.05) is 0 Å². The van der Waals surface area contributed by atoms with Gasteiger partial charge >= 0.3 is 0 Å². The van der Waals surface area contributed by atoms with Gasteiger partial charge in [-0.3, -0.25) is 4.99 Å². The van der Waals surface area contributed by atoms with Gasteiger partial charge in [0.1, 0.15) is 5.60 Å². The van der Waals surface area contributed by atoms with E-state index in [9.17, 15) is 0 Å². The molecule has 3 nitrogen and oxygen atoms in total. The van der Waals surface area contributed by atoms with Crippen LogP contribution in [0.25, 0.3) is 0 Å². The fourth-order valence-electron chi connectivity index (χ4n) is 3.42. The minimum atomic E-state index is -0.803. The monoisotopic (exact) mass is 352 g/mol. The number of aliphatic imine (C=N–C) groups is 1. The Morgan fingerprint density at radius 3 is 1.88 bits per heavy atom. The zero-order valence-corrected chi connectivity index (χ0v) is 16.8. The molecule has 2 aromatic rings. The Kier molecular flexibility index (Phi) is 5.11. The molecule has 2 aromatic carbocycles. The van der Waals surface area contributed by atoms with E-state index in [0.29, 0.717) is 0 Å². The van der Waals surface area contributed by atoms with E-state index >= 15 is 0 Å². The van der Waals surface area contributed by atoms with E-state index in [0.717, 1.165) is 18.7 Å². The molecule has 0 radical (unpaired) electrons. The van der Waals surface area contributed by atoms with Gasteiger partial charge in [0.25, 0.3) is 0 Å². The molecule has 0 unspecified atom stereocenters. The van der Waals surface area contributed by atoms with Crippen molar-refractivity contribution in [3.05, 3.63) is 71.8 Å². The van der Waals surface area contributed by atoms with Crippen LogP contribution in [-0.2, 0) is 10.0 Å². The maximum Gasteiger partial charge on any atom is 0.168 e. The summed E-state index contributed by atoms with van der Waals surface area (Å²) in [5, 5.41) is 0.197. The Bertz CT molecular complexity index is 683. The van der Waals surface area contributed by atoms with Gasteiger partial charge in [0.2, 0.25) is 0 Å². The van der Waals surface area contributed by atoms with Gasteiger partial charge < -0.3 is 10.2 Å². The van der Waals surface area contributed by atoms with Crippen LogP contribution in [0.2, 0.25) is 5.04 Å². The largest absolute Gasteiger partial charge is 0.408 e. The second-order valence-corrected chi connectivity index (χ2v) is 10.7. The Labute approximate surface area is 153 Å². The third-order valence-electron chi connectivity index (χ3n) is 4.60. The van der Waals surface area contributed by atoms with Crippen molar-refractivity contribution in [3.8, 4) is 0 Å². The number of nitrogens with zero attached hydrogens (tertiary/aromatic N) is 1. The van der Waals surface area contributed by atoms with Crippen molar-refractivity contribution in [1.82, 2.24) is 0 Å². The van der Waals surface area contributed by atoms with E-state index in [1.54, 1.807) is 0 Å². The zero-order valence-electron chi connectivity index (χ0n) is 15.4. The maximum absolute atomic E-state index is 6.87. The highest BCUT2D eigenvalue weighted by molar-refractivity contribution is 6.32. The van der Waals surface area contributed by atoms with E-state index in [1.165, 1.54) is 11.1 Å². The Morgan fingerprint density at radius 2 is 1.48 bits per heavy atom. The van der Waals surface area contributed by atoms with Crippen molar-refractivity contribution < 1.29 is 4.43 Å². The fraction of sp³-hybridized carbons (Fsp3) is 0.381. The third kappa shape index (κ3) is 3.85. The predicted molar refractivity (Wildman–Crippen MR) is 108 cm³/mol. The molecule has 0 fully saturated rings. The number of nitrogens with two attached hydrogens (primary N) is 1. The quantitative estimate of drug-likeness (QED) is 0.833. The molecule has 0 bridgehead atoms. The summed E-state index contributed by atoms with van der Waals surface area (Å²) in [6, 6.07) is 21.1. The molecule has 0 saturated heterocycles. The highest BCUT2D eigenvalue weighted by Gasteiger charge is 2.45. The molecule has 25 heavy (non-hydrogen) atoms. The van der Waals surface area contributed by atoms with Gasteiger partial charge in [-0.1, -0.05) is 81.4 Å². The van der Waals surface area contributed by atoms with Gasteiger partial charge in [0.15, 0.2) is 9.76 Å². The summed E-state index contributed by atoms with van der Waals surface area (Å²) in [6.45, 7) is 6.77. The van der Waals surface area contributed by atoms with Crippen LogP contribution in [0.4, 0.5) is 0 Å². The standard InChI is InChI=1S/C21H28N2OSi/c1-20(2,3)25-24-21(16-10-6-4-7-11-16,17-12-8-5-9-13-17)18-14-15-19(22)23-18/h4-13,18H,14-15,25H2,1-3H3,(H2,22,23)/t18-/m1/s1. The smallest absolute Gasteiger partial charge is 0.168 e. The first-order valence-electron chi connectivity index (χ1n) is 8.99. The van der Waals surface area contributed by atoms with Gasteiger partial charge in [-0.15, -0.1) is 0 Å². The number of rotatable bonds is 5. The summed E-state index contributed by atoms with van der Waals surface area (Å²) >= 11 is 0. The van der Waals surface area contributed by atoms with Gasteiger partial charge in [-0.05, 0) is 22.6 Å². The predicted octanol–water partition coefficient (Wildman–Crippen LogP) is 3.77. The molecule has 4 heteroatoms. The highest BCUT2D eigenvalue weighted by Crippen LogP contribution is 2.43. The molecule has 1 aliphatic rings. The number of benzene rings is 2. The average molecular weight is 353 g/mol. The first-order chi connectivity index (χ1) is 11.9. The molecule has 1 aliphatic heterocycles. The van der Waals surface area contributed by atoms with Crippen LogP contribution in [0.1, 0.15) is 44.7 Å². The minimum absolute atomic E-state index is 0.0205. The SMILES string of the molecule is CC(C)(C)[SiH2]OC(c1ccccc1)(c1ccccc1)[C@H]1CCC(N)=N1. The van der Waals surface area contributed by atoms with Crippen LogP contribution < -0.4 is 5.73 Å². The summed E-state index contributed by atoms with van der Waals surface area (Å²) in [6.07, 6.45) is 1.76. The van der Waals surface area contributed by atoms with Gasteiger partial charge in [0.05, 0.1) is 11.9 Å². The van der Waals surface area contributed by atoms with Gasteiger partial charge in [0, 0.05) is 6.42 Å². The molecule has 0 aliphatic carbocycles. The second kappa shape index (κ2) is 7.14. The van der Waals surface area contributed by atoms with E-state index < -0.39 is 15.4 Å². The summed E-state index contributed by atoms with van der Waals surface area (Å²) in [7, 11) is -0.803. The van der Waals surface area contributed by atoms with Gasteiger partial charge in [-0.25, -0.2) is 0 Å². The molecule has 3 rings (SSSR count). The molecular weight excluding hydrogens is 324 g/mol. The lowest BCUT2D eigenvalue weighted by atomic mass is 9.79. The van der Waals surface area contributed by atoms with E-state index in [-0.39, 0.29) is 11.1 Å². The molecule has 132 valence electrons.